The Kier molecular flexibility index (Phi) is 3.72. The van der Waals surface area contributed by atoms with Gasteiger partial charge in [0.25, 0.3) is 0 Å². The Morgan fingerprint density at radius 2 is 2.06 bits per heavy atom. The number of rotatable bonds is 2. The van der Waals surface area contributed by atoms with Gasteiger partial charge in [-0.05, 0) is 0 Å². The Labute approximate surface area is 93.8 Å². The van der Waals surface area contributed by atoms with Crippen LogP contribution in [-0.2, 0) is 4.79 Å². The molecule has 88 valence electrons. The van der Waals surface area contributed by atoms with Gasteiger partial charge >= 0.3 is 11.7 Å². The summed E-state index contributed by atoms with van der Waals surface area (Å²) in [5, 5.41) is 18.7. The lowest BCUT2D eigenvalue weighted by molar-refractivity contribution is -0.387. The summed E-state index contributed by atoms with van der Waals surface area (Å²) >= 11 is 0. The van der Waals surface area contributed by atoms with Crippen LogP contribution in [0, 0.1) is 33.6 Å². The predicted octanol–water partition coefficient (Wildman–Crippen LogP) is 1.70. The largest absolute Gasteiger partial charge is 0.481 e. The van der Waals surface area contributed by atoms with Gasteiger partial charge in [0, 0.05) is 12.1 Å². The molecule has 0 fully saturated rings. The quantitative estimate of drug-likeness (QED) is 0.485. The maximum Gasteiger partial charge on any atom is 0.315 e. The summed E-state index contributed by atoms with van der Waals surface area (Å²) in [6.45, 7) is 0. The third kappa shape index (κ3) is 3.24. The highest BCUT2D eigenvalue weighted by Gasteiger charge is 2.17. The summed E-state index contributed by atoms with van der Waals surface area (Å²) < 4.78 is 26.0. The molecular formula is C10H5F2NO4. The van der Waals surface area contributed by atoms with E-state index in [1.165, 1.54) is 0 Å². The number of benzene rings is 1. The first-order valence-corrected chi connectivity index (χ1v) is 4.26. The van der Waals surface area contributed by atoms with Crippen LogP contribution in [0.4, 0.5) is 14.5 Å². The second-order valence-electron chi connectivity index (χ2n) is 2.91. The molecule has 7 heteroatoms. The van der Waals surface area contributed by atoms with Gasteiger partial charge in [0.05, 0.1) is 10.5 Å². The maximum atomic E-state index is 13.1. The molecule has 0 amide bonds. The molecule has 0 saturated heterocycles. The number of carboxylic acids is 1. The van der Waals surface area contributed by atoms with Gasteiger partial charge in [0.1, 0.15) is 12.2 Å². The third-order valence-corrected chi connectivity index (χ3v) is 1.70. The molecule has 17 heavy (non-hydrogen) atoms. The highest BCUT2D eigenvalue weighted by atomic mass is 19.1. The van der Waals surface area contributed by atoms with E-state index in [9.17, 15) is 23.7 Å². The predicted molar refractivity (Wildman–Crippen MR) is 52.1 cm³/mol. The van der Waals surface area contributed by atoms with Crippen LogP contribution in [0.25, 0.3) is 0 Å². The molecule has 1 aromatic rings. The van der Waals surface area contributed by atoms with Crippen LogP contribution in [0.2, 0.25) is 0 Å². The van der Waals surface area contributed by atoms with Crippen LogP contribution in [-0.4, -0.2) is 16.0 Å². The first-order valence-electron chi connectivity index (χ1n) is 4.26. The van der Waals surface area contributed by atoms with Gasteiger partial charge in [-0.2, -0.15) is 4.39 Å². The fraction of sp³-hybridized carbons (Fsp3) is 0.100. The minimum absolute atomic E-state index is 0.336. The van der Waals surface area contributed by atoms with E-state index in [0.717, 1.165) is 0 Å². The molecule has 0 heterocycles. The smallest absolute Gasteiger partial charge is 0.315 e. The molecule has 0 saturated carbocycles. The lowest BCUT2D eigenvalue weighted by atomic mass is 10.2. The van der Waals surface area contributed by atoms with E-state index in [2.05, 4.69) is 11.8 Å². The molecule has 1 aromatic carbocycles. The summed E-state index contributed by atoms with van der Waals surface area (Å²) in [4.78, 5) is 19.5. The van der Waals surface area contributed by atoms with Crippen molar-refractivity contribution in [3.05, 3.63) is 39.4 Å². The van der Waals surface area contributed by atoms with E-state index < -0.39 is 40.2 Å². The Morgan fingerprint density at radius 1 is 1.41 bits per heavy atom. The number of aliphatic carboxylic acids is 1. The second-order valence-corrected chi connectivity index (χ2v) is 2.91. The SMILES string of the molecule is O=C(O)CC#Cc1cc([N+](=O)[O-])c(F)cc1F. The summed E-state index contributed by atoms with van der Waals surface area (Å²) in [6, 6.07) is 0.961. The van der Waals surface area contributed by atoms with Gasteiger partial charge in [-0.25, -0.2) is 4.39 Å². The Balaban J connectivity index is 3.15. The Hall–Kier alpha value is -2.49. The van der Waals surface area contributed by atoms with Gasteiger partial charge in [-0.15, -0.1) is 0 Å². The van der Waals surface area contributed by atoms with E-state index in [1.54, 1.807) is 0 Å². The molecule has 1 rings (SSSR count). The van der Waals surface area contributed by atoms with Crippen molar-refractivity contribution in [3.8, 4) is 11.8 Å². The van der Waals surface area contributed by atoms with Crippen molar-refractivity contribution < 1.29 is 23.6 Å². The monoisotopic (exact) mass is 241 g/mol. The molecule has 0 unspecified atom stereocenters. The molecule has 0 atom stereocenters. The van der Waals surface area contributed by atoms with Gasteiger partial charge in [0.15, 0.2) is 0 Å². The molecule has 0 aliphatic rings. The van der Waals surface area contributed by atoms with Crippen LogP contribution in [0.1, 0.15) is 12.0 Å². The van der Waals surface area contributed by atoms with Crippen molar-refractivity contribution in [1.29, 1.82) is 0 Å². The first-order chi connectivity index (χ1) is 7.91. The number of hydrogen-bond acceptors (Lipinski definition) is 3. The van der Waals surface area contributed by atoms with E-state index in [0.29, 0.717) is 12.1 Å². The number of hydrogen-bond donors (Lipinski definition) is 1. The zero-order valence-electron chi connectivity index (χ0n) is 8.24. The third-order valence-electron chi connectivity index (χ3n) is 1.70. The Bertz CT molecular complexity index is 545. The number of carbonyl (C=O) groups is 1. The van der Waals surface area contributed by atoms with Crippen LogP contribution >= 0.6 is 0 Å². The van der Waals surface area contributed by atoms with Crippen LogP contribution in [0.15, 0.2) is 12.1 Å². The van der Waals surface area contributed by atoms with E-state index in [-0.39, 0.29) is 0 Å². The number of nitro groups is 1. The molecule has 5 nitrogen and oxygen atoms in total. The summed E-state index contributed by atoms with van der Waals surface area (Å²) in [7, 11) is 0. The average molecular weight is 241 g/mol. The highest BCUT2D eigenvalue weighted by molar-refractivity contribution is 5.70. The van der Waals surface area contributed by atoms with Gasteiger partial charge in [-0.1, -0.05) is 11.8 Å². The van der Waals surface area contributed by atoms with Crippen molar-refractivity contribution in [2.75, 3.05) is 0 Å². The maximum absolute atomic E-state index is 13.1. The van der Waals surface area contributed by atoms with Crippen LogP contribution in [0.5, 0.6) is 0 Å². The molecule has 1 N–H and O–H groups in total. The van der Waals surface area contributed by atoms with Gasteiger partial charge in [-0.3, -0.25) is 14.9 Å². The molecule has 0 aliphatic heterocycles. The average Bonchev–Trinajstić information content (AvgIpc) is 2.20. The standard InChI is InChI=1S/C10H5F2NO4/c11-7-5-8(12)9(13(16)17)4-6(7)2-1-3-10(14)15/h4-5H,3H2,(H,14,15). The highest BCUT2D eigenvalue weighted by Crippen LogP contribution is 2.20. The summed E-state index contributed by atoms with van der Waals surface area (Å²) in [5.41, 5.74) is -1.33. The lowest BCUT2D eigenvalue weighted by Gasteiger charge is -1.96. The summed E-state index contributed by atoms with van der Waals surface area (Å²) in [5.74, 6) is 0.583. The van der Waals surface area contributed by atoms with Crippen molar-refractivity contribution >= 4 is 11.7 Å². The molecule has 0 bridgehead atoms. The number of nitro benzene ring substituents is 1. The normalized spacial score (nSPS) is 9.29. The molecular weight excluding hydrogens is 236 g/mol. The van der Waals surface area contributed by atoms with Crippen molar-refractivity contribution in [1.82, 2.24) is 0 Å². The zero-order chi connectivity index (χ0) is 13.0. The van der Waals surface area contributed by atoms with Crippen LogP contribution < -0.4 is 0 Å². The van der Waals surface area contributed by atoms with Crippen molar-refractivity contribution in [3.63, 3.8) is 0 Å². The minimum atomic E-state index is -1.31. The topological polar surface area (TPSA) is 80.4 Å². The molecule has 0 aliphatic carbocycles. The van der Waals surface area contributed by atoms with Crippen LogP contribution in [0.3, 0.4) is 0 Å². The van der Waals surface area contributed by atoms with E-state index >= 15 is 0 Å². The fourth-order valence-electron chi connectivity index (χ4n) is 0.988. The molecule has 0 radical (unpaired) electrons. The molecule has 0 spiro atoms. The van der Waals surface area contributed by atoms with Crippen molar-refractivity contribution in [2.45, 2.75) is 6.42 Å². The number of halogens is 2. The second kappa shape index (κ2) is 5.03. The summed E-state index contributed by atoms with van der Waals surface area (Å²) in [6.07, 6.45) is -0.537. The fourth-order valence-corrected chi connectivity index (χ4v) is 0.988. The Morgan fingerprint density at radius 3 is 2.59 bits per heavy atom. The van der Waals surface area contributed by atoms with E-state index in [1.807, 2.05) is 0 Å². The minimum Gasteiger partial charge on any atom is -0.481 e. The molecule has 0 aromatic heterocycles. The van der Waals surface area contributed by atoms with E-state index in [4.69, 9.17) is 5.11 Å². The number of nitrogens with zero attached hydrogens (tertiary/aromatic N) is 1. The number of carboxylic acid groups (broad SMARTS) is 1. The van der Waals surface area contributed by atoms with Gasteiger partial charge in [0.2, 0.25) is 5.82 Å². The zero-order valence-corrected chi connectivity index (χ0v) is 8.24. The van der Waals surface area contributed by atoms with Gasteiger partial charge < -0.3 is 5.11 Å². The lowest BCUT2D eigenvalue weighted by Crippen LogP contribution is -1.96. The first kappa shape index (κ1) is 12.6. The van der Waals surface area contributed by atoms with Crippen molar-refractivity contribution in [2.24, 2.45) is 0 Å².